The Bertz CT molecular complexity index is 470. The van der Waals surface area contributed by atoms with Crippen LogP contribution in [0, 0.1) is 5.92 Å². The molecule has 4 nitrogen and oxygen atoms in total. The molecule has 1 aromatic heterocycles. The highest BCUT2D eigenvalue weighted by Gasteiger charge is 2.27. The van der Waals surface area contributed by atoms with Crippen LogP contribution in [0.5, 0.6) is 0 Å². The van der Waals surface area contributed by atoms with Crippen molar-refractivity contribution < 1.29 is 17.9 Å². The minimum absolute atomic E-state index is 0. The Labute approximate surface area is 168 Å². The molecule has 2 N–H and O–H groups in total. The largest absolute Gasteiger partial charge is 0.411 e. The summed E-state index contributed by atoms with van der Waals surface area (Å²) in [6.07, 6.45) is -2.78. The van der Waals surface area contributed by atoms with Crippen molar-refractivity contribution in [3.63, 3.8) is 0 Å². The number of thiophene rings is 1. The number of hydrogen-bond donors (Lipinski definition) is 2. The number of ether oxygens (including phenoxy) is 1. The fourth-order valence-electron chi connectivity index (χ4n) is 1.99. The molecule has 0 bridgehead atoms. The fourth-order valence-corrected chi connectivity index (χ4v) is 2.86. The quantitative estimate of drug-likeness (QED) is 0.224. The molecule has 0 fully saturated rings. The average molecular weight is 493 g/mol. The van der Waals surface area contributed by atoms with E-state index in [1.165, 1.54) is 4.88 Å². The number of nitrogens with zero attached hydrogens (tertiary/aromatic N) is 1. The van der Waals surface area contributed by atoms with E-state index in [-0.39, 0.29) is 30.6 Å². The summed E-state index contributed by atoms with van der Waals surface area (Å²) in [5.41, 5.74) is 0. The molecule has 1 rings (SSSR count). The number of hydrogen-bond acceptors (Lipinski definition) is 3. The highest BCUT2D eigenvalue weighted by atomic mass is 127. The number of guanidine groups is 1. The molecule has 1 aromatic rings. The van der Waals surface area contributed by atoms with Crippen LogP contribution >= 0.6 is 35.3 Å². The third-order valence-electron chi connectivity index (χ3n) is 3.06. The molecule has 1 atom stereocenters. The Balaban J connectivity index is 0.00000576. The standard InChI is InChI=1S/C16H26F3N3OS.HI/c1-3-20-15(21-7-5-8-23-12-16(17,18)19)22-11-13(2)10-14-6-4-9-24-14;/h4,6,9,13H,3,5,7-8,10-12H2,1-2H3,(H2,20,21,22);1H. The lowest BCUT2D eigenvalue weighted by atomic mass is 10.1. The van der Waals surface area contributed by atoms with Gasteiger partial charge in [-0.15, -0.1) is 35.3 Å². The highest BCUT2D eigenvalue weighted by Crippen LogP contribution is 2.15. The van der Waals surface area contributed by atoms with Gasteiger partial charge >= 0.3 is 6.18 Å². The van der Waals surface area contributed by atoms with Crippen molar-refractivity contribution in [2.45, 2.75) is 32.9 Å². The molecule has 1 heterocycles. The lowest BCUT2D eigenvalue weighted by Gasteiger charge is -2.13. The zero-order chi connectivity index (χ0) is 17.8. The van der Waals surface area contributed by atoms with Crippen molar-refractivity contribution in [3.8, 4) is 0 Å². The zero-order valence-electron chi connectivity index (χ0n) is 14.6. The van der Waals surface area contributed by atoms with Crippen molar-refractivity contribution >= 4 is 41.3 Å². The smallest absolute Gasteiger partial charge is 0.372 e. The predicted molar refractivity (Wildman–Crippen MR) is 108 cm³/mol. The van der Waals surface area contributed by atoms with Gasteiger partial charge in [-0.25, -0.2) is 0 Å². The predicted octanol–water partition coefficient (Wildman–Crippen LogP) is 4.07. The van der Waals surface area contributed by atoms with Crippen molar-refractivity contribution in [2.24, 2.45) is 10.9 Å². The van der Waals surface area contributed by atoms with E-state index < -0.39 is 12.8 Å². The highest BCUT2D eigenvalue weighted by molar-refractivity contribution is 14.0. The number of rotatable bonds is 10. The first-order valence-corrected chi connectivity index (χ1v) is 8.97. The van der Waals surface area contributed by atoms with Gasteiger partial charge in [0.2, 0.25) is 0 Å². The normalized spacial score (nSPS) is 13.2. The molecule has 0 aliphatic carbocycles. The molecule has 1 unspecified atom stereocenters. The van der Waals surface area contributed by atoms with E-state index in [9.17, 15) is 13.2 Å². The zero-order valence-corrected chi connectivity index (χ0v) is 17.7. The van der Waals surface area contributed by atoms with Crippen molar-refractivity contribution in [2.75, 3.05) is 32.8 Å². The van der Waals surface area contributed by atoms with Gasteiger partial charge in [0.05, 0.1) is 0 Å². The molecule has 0 saturated heterocycles. The minimum atomic E-state index is -4.26. The summed E-state index contributed by atoms with van der Waals surface area (Å²) >= 11 is 1.75. The van der Waals surface area contributed by atoms with Gasteiger partial charge in [0.25, 0.3) is 0 Å². The van der Waals surface area contributed by atoms with Gasteiger partial charge in [-0.3, -0.25) is 4.99 Å². The Hall–Kier alpha value is -0.550. The molecular weight excluding hydrogens is 466 g/mol. The van der Waals surface area contributed by atoms with E-state index in [1.54, 1.807) is 11.3 Å². The summed E-state index contributed by atoms with van der Waals surface area (Å²) < 4.78 is 40.4. The van der Waals surface area contributed by atoms with Crippen LogP contribution in [-0.4, -0.2) is 45.0 Å². The number of aliphatic imine (C=N–C) groups is 1. The summed E-state index contributed by atoms with van der Waals surface area (Å²) in [6.45, 7) is 4.94. The van der Waals surface area contributed by atoms with E-state index in [2.05, 4.69) is 38.7 Å². The summed E-state index contributed by atoms with van der Waals surface area (Å²) in [6, 6.07) is 4.16. The second kappa shape index (κ2) is 13.6. The van der Waals surface area contributed by atoms with Gasteiger partial charge in [-0.2, -0.15) is 13.2 Å². The van der Waals surface area contributed by atoms with Crippen LogP contribution in [0.15, 0.2) is 22.5 Å². The number of alkyl halides is 3. The van der Waals surface area contributed by atoms with Crippen LogP contribution < -0.4 is 10.6 Å². The molecule has 0 saturated carbocycles. The van der Waals surface area contributed by atoms with Crippen LogP contribution in [0.4, 0.5) is 13.2 Å². The van der Waals surface area contributed by atoms with Crippen molar-refractivity contribution in [3.05, 3.63) is 22.4 Å². The summed E-state index contributed by atoms with van der Waals surface area (Å²) in [5.74, 6) is 1.11. The molecule has 9 heteroatoms. The van der Waals surface area contributed by atoms with Crippen LogP contribution in [0.2, 0.25) is 0 Å². The Kier molecular flexibility index (Phi) is 13.3. The maximum absolute atomic E-state index is 11.9. The van der Waals surface area contributed by atoms with E-state index in [0.29, 0.717) is 31.4 Å². The summed E-state index contributed by atoms with van der Waals surface area (Å²) in [7, 11) is 0. The van der Waals surface area contributed by atoms with Crippen LogP contribution in [0.25, 0.3) is 0 Å². The Morgan fingerprint density at radius 3 is 2.72 bits per heavy atom. The van der Waals surface area contributed by atoms with E-state index in [4.69, 9.17) is 0 Å². The van der Waals surface area contributed by atoms with E-state index >= 15 is 0 Å². The van der Waals surface area contributed by atoms with E-state index in [1.807, 2.05) is 13.0 Å². The average Bonchev–Trinajstić information content (AvgIpc) is 3.00. The molecular formula is C16H27F3IN3OS. The van der Waals surface area contributed by atoms with Gasteiger partial charge in [0.15, 0.2) is 5.96 Å². The molecule has 0 aliphatic rings. The van der Waals surface area contributed by atoms with Gasteiger partial charge in [0, 0.05) is 31.1 Å². The monoisotopic (exact) mass is 493 g/mol. The third-order valence-corrected chi connectivity index (χ3v) is 3.96. The van der Waals surface area contributed by atoms with Crippen molar-refractivity contribution in [1.82, 2.24) is 10.6 Å². The molecule has 146 valence electrons. The number of halogens is 4. The topological polar surface area (TPSA) is 45.7 Å². The first-order chi connectivity index (χ1) is 11.4. The minimum Gasteiger partial charge on any atom is -0.372 e. The van der Waals surface area contributed by atoms with Crippen molar-refractivity contribution in [1.29, 1.82) is 0 Å². The Morgan fingerprint density at radius 1 is 1.36 bits per heavy atom. The third kappa shape index (κ3) is 13.3. The maximum atomic E-state index is 11.9. The SMILES string of the molecule is CCNC(=NCC(C)Cc1cccs1)NCCCOCC(F)(F)F.I. The molecule has 0 spiro atoms. The molecule has 0 aliphatic heterocycles. The maximum Gasteiger partial charge on any atom is 0.411 e. The van der Waals surface area contributed by atoms with Crippen LogP contribution in [-0.2, 0) is 11.2 Å². The van der Waals surface area contributed by atoms with E-state index in [0.717, 1.165) is 13.0 Å². The molecule has 0 amide bonds. The first-order valence-electron chi connectivity index (χ1n) is 8.09. The molecule has 25 heavy (non-hydrogen) atoms. The first kappa shape index (κ1) is 24.5. The number of nitrogens with one attached hydrogen (secondary N) is 2. The van der Waals surface area contributed by atoms with Gasteiger partial charge in [0.1, 0.15) is 6.61 Å². The van der Waals surface area contributed by atoms with Gasteiger partial charge in [-0.1, -0.05) is 13.0 Å². The second-order valence-corrected chi connectivity index (χ2v) is 6.59. The Morgan fingerprint density at radius 2 is 2.12 bits per heavy atom. The molecule has 0 aromatic carbocycles. The van der Waals surface area contributed by atoms with Crippen LogP contribution in [0.3, 0.4) is 0 Å². The fraction of sp³-hybridized carbons (Fsp3) is 0.688. The summed E-state index contributed by atoms with van der Waals surface area (Å²) in [4.78, 5) is 5.87. The summed E-state index contributed by atoms with van der Waals surface area (Å²) in [5, 5.41) is 8.31. The second-order valence-electron chi connectivity index (χ2n) is 5.56. The van der Waals surface area contributed by atoms with Gasteiger partial charge < -0.3 is 15.4 Å². The van der Waals surface area contributed by atoms with Gasteiger partial charge in [-0.05, 0) is 37.1 Å². The van der Waals surface area contributed by atoms with Crippen LogP contribution in [0.1, 0.15) is 25.1 Å². The lowest BCUT2D eigenvalue weighted by Crippen LogP contribution is -2.38. The lowest BCUT2D eigenvalue weighted by molar-refractivity contribution is -0.173. The molecule has 0 radical (unpaired) electrons.